The van der Waals surface area contributed by atoms with Crippen molar-refractivity contribution in [2.45, 2.75) is 26.7 Å². The second-order valence-corrected chi connectivity index (χ2v) is 4.48. The van der Waals surface area contributed by atoms with Crippen LogP contribution in [0.25, 0.3) is 11.6 Å². The predicted molar refractivity (Wildman–Crippen MR) is 66.6 cm³/mol. The molecule has 0 aromatic carbocycles. The largest absolute Gasteiger partial charge is 0.339 e. The summed E-state index contributed by atoms with van der Waals surface area (Å²) in [5, 5.41) is 3.88. The van der Waals surface area contributed by atoms with Gasteiger partial charge in [0.05, 0.1) is 0 Å². The summed E-state index contributed by atoms with van der Waals surface area (Å²) in [7, 11) is 0. The average molecular weight is 247 g/mol. The number of hydrogen-bond acceptors (Lipinski definition) is 6. The van der Waals surface area contributed by atoms with Crippen LogP contribution in [-0.2, 0) is 6.42 Å². The van der Waals surface area contributed by atoms with Crippen LogP contribution in [0.15, 0.2) is 16.9 Å². The molecular formula is C12H17N5O. The van der Waals surface area contributed by atoms with E-state index in [0.29, 0.717) is 30.0 Å². The molecule has 2 aromatic heterocycles. The van der Waals surface area contributed by atoms with Crippen LogP contribution < -0.4 is 5.73 Å². The first kappa shape index (κ1) is 12.6. The molecule has 1 unspecified atom stereocenters. The Labute approximate surface area is 106 Å². The molecule has 0 aliphatic heterocycles. The molecule has 0 fully saturated rings. The first-order chi connectivity index (χ1) is 8.69. The summed E-state index contributed by atoms with van der Waals surface area (Å²) in [6.45, 7) is 4.70. The van der Waals surface area contributed by atoms with Crippen molar-refractivity contribution in [2.75, 3.05) is 6.54 Å². The molecule has 2 aromatic rings. The van der Waals surface area contributed by atoms with E-state index in [0.717, 1.165) is 18.4 Å². The van der Waals surface area contributed by atoms with Crippen molar-refractivity contribution in [2.24, 2.45) is 11.7 Å². The van der Waals surface area contributed by atoms with Crippen molar-refractivity contribution in [3.63, 3.8) is 0 Å². The predicted octanol–water partition coefficient (Wildman–Crippen LogP) is 1.36. The second kappa shape index (κ2) is 5.68. The third-order valence-electron chi connectivity index (χ3n) is 2.70. The van der Waals surface area contributed by atoms with E-state index in [-0.39, 0.29) is 0 Å². The Kier molecular flexibility index (Phi) is 3.99. The normalized spacial score (nSPS) is 12.6. The molecule has 0 aliphatic rings. The van der Waals surface area contributed by atoms with Gasteiger partial charge in [0.1, 0.15) is 0 Å². The monoisotopic (exact) mass is 247 g/mol. The first-order valence-electron chi connectivity index (χ1n) is 6.00. The van der Waals surface area contributed by atoms with Crippen LogP contribution in [0.5, 0.6) is 0 Å². The molecule has 0 bridgehead atoms. The highest BCUT2D eigenvalue weighted by Gasteiger charge is 2.11. The highest BCUT2D eigenvalue weighted by atomic mass is 16.5. The van der Waals surface area contributed by atoms with E-state index >= 15 is 0 Å². The molecule has 2 rings (SSSR count). The fraction of sp³-hybridized carbons (Fsp3) is 0.500. The van der Waals surface area contributed by atoms with Gasteiger partial charge in [-0.2, -0.15) is 4.98 Å². The van der Waals surface area contributed by atoms with Gasteiger partial charge in [-0.25, -0.2) is 9.97 Å². The topological polar surface area (TPSA) is 90.7 Å². The lowest BCUT2D eigenvalue weighted by Gasteiger charge is -2.03. The molecule has 1 atom stereocenters. The smallest absolute Gasteiger partial charge is 0.240 e. The summed E-state index contributed by atoms with van der Waals surface area (Å²) in [6, 6.07) is 0. The maximum Gasteiger partial charge on any atom is 0.240 e. The Morgan fingerprint density at radius 2 is 2.00 bits per heavy atom. The third kappa shape index (κ3) is 3.10. The van der Waals surface area contributed by atoms with E-state index in [1.54, 1.807) is 12.4 Å². The number of hydrogen-bond donors (Lipinski definition) is 1. The van der Waals surface area contributed by atoms with Crippen molar-refractivity contribution < 1.29 is 4.52 Å². The molecule has 0 radical (unpaired) electrons. The molecule has 0 spiro atoms. The molecule has 18 heavy (non-hydrogen) atoms. The molecule has 96 valence electrons. The van der Waals surface area contributed by atoms with Crippen molar-refractivity contribution in [3.8, 4) is 11.6 Å². The maximum absolute atomic E-state index is 5.56. The third-order valence-corrected chi connectivity index (χ3v) is 2.70. The summed E-state index contributed by atoms with van der Waals surface area (Å²) in [5.74, 6) is 1.98. The number of aromatic nitrogens is 4. The fourth-order valence-corrected chi connectivity index (χ4v) is 1.44. The standard InChI is InChI=1S/C12H17N5O/c1-8(5-13)3-4-10-16-12(17-18-10)11-14-6-9(2)7-15-11/h6-8H,3-5,13H2,1-2H3. The Morgan fingerprint density at radius 3 is 2.67 bits per heavy atom. The van der Waals surface area contributed by atoms with Gasteiger partial charge in [0.2, 0.25) is 17.5 Å². The molecule has 2 N–H and O–H groups in total. The highest BCUT2D eigenvalue weighted by molar-refractivity contribution is 5.40. The quantitative estimate of drug-likeness (QED) is 0.857. The highest BCUT2D eigenvalue weighted by Crippen LogP contribution is 2.12. The summed E-state index contributed by atoms with van der Waals surface area (Å²) in [6.07, 6.45) is 5.13. The molecule has 0 saturated carbocycles. The number of aryl methyl sites for hydroxylation is 2. The lowest BCUT2D eigenvalue weighted by atomic mass is 10.1. The van der Waals surface area contributed by atoms with Gasteiger partial charge in [0.15, 0.2) is 0 Å². The van der Waals surface area contributed by atoms with Gasteiger partial charge in [-0.3, -0.25) is 0 Å². The lowest BCUT2D eigenvalue weighted by molar-refractivity contribution is 0.366. The van der Waals surface area contributed by atoms with E-state index in [2.05, 4.69) is 27.0 Å². The van der Waals surface area contributed by atoms with E-state index in [1.165, 1.54) is 0 Å². The SMILES string of the molecule is Cc1cnc(-c2noc(CCC(C)CN)n2)nc1. The summed E-state index contributed by atoms with van der Waals surface area (Å²) in [5.41, 5.74) is 6.56. The van der Waals surface area contributed by atoms with Crippen molar-refractivity contribution in [1.82, 2.24) is 20.1 Å². The van der Waals surface area contributed by atoms with Gasteiger partial charge in [-0.1, -0.05) is 12.1 Å². The van der Waals surface area contributed by atoms with Gasteiger partial charge in [0, 0.05) is 18.8 Å². The van der Waals surface area contributed by atoms with Crippen LogP contribution >= 0.6 is 0 Å². The number of nitrogens with zero attached hydrogens (tertiary/aromatic N) is 4. The van der Waals surface area contributed by atoms with Crippen LogP contribution in [0.3, 0.4) is 0 Å². The average Bonchev–Trinajstić information content (AvgIpc) is 2.85. The summed E-state index contributed by atoms with van der Waals surface area (Å²) >= 11 is 0. The summed E-state index contributed by atoms with van der Waals surface area (Å²) in [4.78, 5) is 12.6. The Hall–Kier alpha value is -1.82. The zero-order chi connectivity index (χ0) is 13.0. The summed E-state index contributed by atoms with van der Waals surface area (Å²) < 4.78 is 5.16. The van der Waals surface area contributed by atoms with Gasteiger partial charge in [-0.15, -0.1) is 0 Å². The number of nitrogens with two attached hydrogens (primary N) is 1. The molecule has 2 heterocycles. The van der Waals surface area contributed by atoms with Crippen molar-refractivity contribution in [3.05, 3.63) is 23.8 Å². The minimum absolute atomic E-state index is 0.436. The molecule has 6 nitrogen and oxygen atoms in total. The van der Waals surface area contributed by atoms with E-state index in [9.17, 15) is 0 Å². The van der Waals surface area contributed by atoms with Gasteiger partial charge < -0.3 is 10.3 Å². The minimum Gasteiger partial charge on any atom is -0.339 e. The molecule has 0 aliphatic carbocycles. The van der Waals surface area contributed by atoms with Crippen molar-refractivity contribution >= 4 is 0 Å². The van der Waals surface area contributed by atoms with Gasteiger partial charge in [0.25, 0.3) is 0 Å². The maximum atomic E-state index is 5.56. The molecule has 6 heteroatoms. The molecule has 0 saturated heterocycles. The Morgan fingerprint density at radius 1 is 1.28 bits per heavy atom. The zero-order valence-corrected chi connectivity index (χ0v) is 10.6. The van der Waals surface area contributed by atoms with Gasteiger partial charge in [-0.05, 0) is 31.4 Å². The van der Waals surface area contributed by atoms with Crippen LogP contribution in [-0.4, -0.2) is 26.7 Å². The zero-order valence-electron chi connectivity index (χ0n) is 10.6. The fourth-order valence-electron chi connectivity index (χ4n) is 1.44. The molecule has 0 amide bonds. The number of rotatable bonds is 5. The van der Waals surface area contributed by atoms with E-state index in [4.69, 9.17) is 10.3 Å². The van der Waals surface area contributed by atoms with Crippen LogP contribution in [0.2, 0.25) is 0 Å². The second-order valence-electron chi connectivity index (χ2n) is 4.48. The van der Waals surface area contributed by atoms with Gasteiger partial charge >= 0.3 is 0 Å². The first-order valence-corrected chi connectivity index (χ1v) is 6.00. The Balaban J connectivity index is 2.03. The van der Waals surface area contributed by atoms with Crippen LogP contribution in [0, 0.1) is 12.8 Å². The van der Waals surface area contributed by atoms with Crippen molar-refractivity contribution in [1.29, 1.82) is 0 Å². The van der Waals surface area contributed by atoms with Crippen LogP contribution in [0.4, 0.5) is 0 Å². The molecular weight excluding hydrogens is 230 g/mol. The Bertz CT molecular complexity index is 493. The van der Waals surface area contributed by atoms with E-state index in [1.807, 2.05) is 6.92 Å². The van der Waals surface area contributed by atoms with Crippen LogP contribution in [0.1, 0.15) is 24.8 Å². The lowest BCUT2D eigenvalue weighted by Crippen LogP contribution is -2.11. The van der Waals surface area contributed by atoms with E-state index < -0.39 is 0 Å². The minimum atomic E-state index is 0.436.